The van der Waals surface area contributed by atoms with Crippen molar-refractivity contribution >= 4 is 0 Å². The molecule has 3 heteroatoms. The van der Waals surface area contributed by atoms with Crippen molar-refractivity contribution < 1.29 is 10.2 Å². The summed E-state index contributed by atoms with van der Waals surface area (Å²) in [5.41, 5.74) is 3.54. The number of hydrogen-bond donors (Lipinski definition) is 3. The van der Waals surface area contributed by atoms with Crippen molar-refractivity contribution in [1.82, 2.24) is 5.32 Å². The molecule has 2 aromatic rings. The van der Waals surface area contributed by atoms with Gasteiger partial charge in [-0.3, -0.25) is 0 Å². The quantitative estimate of drug-likeness (QED) is 0.751. The summed E-state index contributed by atoms with van der Waals surface area (Å²) in [6.07, 6.45) is 2.03. The summed E-state index contributed by atoms with van der Waals surface area (Å²) >= 11 is 0. The molecule has 20 heavy (non-hydrogen) atoms. The van der Waals surface area contributed by atoms with E-state index < -0.39 is 0 Å². The number of benzene rings is 2. The molecule has 0 spiro atoms. The highest BCUT2D eigenvalue weighted by Gasteiger charge is 2.23. The molecular weight excluding hydrogens is 250 g/mol. The van der Waals surface area contributed by atoms with Crippen LogP contribution in [-0.4, -0.2) is 16.3 Å². The van der Waals surface area contributed by atoms with E-state index in [1.165, 1.54) is 23.3 Å². The Morgan fingerprint density at radius 2 is 1.70 bits per heavy atom. The van der Waals surface area contributed by atoms with Gasteiger partial charge in [0.1, 0.15) is 11.5 Å². The third kappa shape index (κ3) is 2.49. The molecule has 0 saturated heterocycles. The van der Waals surface area contributed by atoms with Gasteiger partial charge in [0.2, 0.25) is 0 Å². The van der Waals surface area contributed by atoms with E-state index in [2.05, 4.69) is 29.6 Å². The van der Waals surface area contributed by atoms with Crippen molar-refractivity contribution in [1.29, 1.82) is 0 Å². The molecule has 0 heterocycles. The highest BCUT2D eigenvalue weighted by Crippen LogP contribution is 2.30. The molecule has 3 nitrogen and oxygen atoms in total. The first-order chi connectivity index (χ1) is 9.63. The van der Waals surface area contributed by atoms with Crippen LogP contribution in [0.4, 0.5) is 0 Å². The molecule has 0 amide bonds. The minimum atomic E-state index is 0.00131. The average Bonchev–Trinajstić information content (AvgIpc) is 2.83. The first-order valence-corrected chi connectivity index (χ1v) is 6.98. The van der Waals surface area contributed by atoms with Crippen molar-refractivity contribution in [3.8, 4) is 11.5 Å². The standard InChI is InChI=1S/C17H19NO2/c1-11(16-10-15(19)6-7-17(16)20)18-14-8-12-4-2-3-5-13(12)9-14/h2-7,10-11,14,18-20H,8-9H2,1H3. The Kier molecular flexibility index (Phi) is 3.36. The Labute approximate surface area is 118 Å². The third-order valence-electron chi connectivity index (χ3n) is 4.01. The molecule has 1 aliphatic rings. The first-order valence-electron chi connectivity index (χ1n) is 6.98. The second-order valence-corrected chi connectivity index (χ2v) is 5.51. The van der Waals surface area contributed by atoms with E-state index in [4.69, 9.17) is 0 Å². The van der Waals surface area contributed by atoms with Gasteiger partial charge < -0.3 is 15.5 Å². The average molecular weight is 269 g/mol. The summed E-state index contributed by atoms with van der Waals surface area (Å²) in [4.78, 5) is 0. The summed E-state index contributed by atoms with van der Waals surface area (Å²) < 4.78 is 0. The molecule has 1 aliphatic carbocycles. The van der Waals surface area contributed by atoms with E-state index in [1.807, 2.05) is 6.92 Å². The van der Waals surface area contributed by atoms with Crippen LogP contribution in [0, 0.1) is 0 Å². The van der Waals surface area contributed by atoms with Gasteiger partial charge in [0.05, 0.1) is 0 Å². The van der Waals surface area contributed by atoms with E-state index in [0.717, 1.165) is 18.4 Å². The van der Waals surface area contributed by atoms with E-state index in [9.17, 15) is 10.2 Å². The van der Waals surface area contributed by atoms with Gasteiger partial charge in [0, 0.05) is 17.6 Å². The maximum atomic E-state index is 9.90. The van der Waals surface area contributed by atoms with Gasteiger partial charge in [-0.1, -0.05) is 24.3 Å². The van der Waals surface area contributed by atoms with Gasteiger partial charge in [0.25, 0.3) is 0 Å². The fraction of sp³-hybridized carbons (Fsp3) is 0.294. The van der Waals surface area contributed by atoms with Crippen LogP contribution in [0.25, 0.3) is 0 Å². The van der Waals surface area contributed by atoms with Gasteiger partial charge in [0.15, 0.2) is 0 Å². The van der Waals surface area contributed by atoms with Gasteiger partial charge in [-0.25, -0.2) is 0 Å². The SMILES string of the molecule is CC(NC1Cc2ccccc2C1)c1cc(O)ccc1O. The second kappa shape index (κ2) is 5.17. The number of phenolic OH excluding ortho intramolecular Hbond substituents is 2. The number of nitrogens with one attached hydrogen (secondary N) is 1. The molecule has 0 saturated carbocycles. The highest BCUT2D eigenvalue weighted by atomic mass is 16.3. The normalized spacial score (nSPS) is 16.1. The van der Waals surface area contributed by atoms with Crippen molar-refractivity contribution in [3.05, 3.63) is 59.2 Å². The maximum Gasteiger partial charge on any atom is 0.120 e. The minimum Gasteiger partial charge on any atom is -0.508 e. The fourth-order valence-corrected chi connectivity index (χ4v) is 3.01. The van der Waals surface area contributed by atoms with E-state index >= 15 is 0 Å². The second-order valence-electron chi connectivity index (χ2n) is 5.51. The highest BCUT2D eigenvalue weighted by molar-refractivity contribution is 5.41. The van der Waals surface area contributed by atoms with Crippen LogP contribution in [-0.2, 0) is 12.8 Å². The molecule has 3 N–H and O–H groups in total. The Hall–Kier alpha value is -2.00. The van der Waals surface area contributed by atoms with E-state index in [1.54, 1.807) is 6.07 Å². The molecule has 1 atom stereocenters. The minimum absolute atomic E-state index is 0.00131. The summed E-state index contributed by atoms with van der Waals surface area (Å²) in [5.74, 6) is 0.402. The summed E-state index contributed by atoms with van der Waals surface area (Å²) in [6, 6.07) is 13.5. The lowest BCUT2D eigenvalue weighted by atomic mass is 10.0. The molecule has 3 rings (SSSR count). The van der Waals surface area contributed by atoms with E-state index in [0.29, 0.717) is 6.04 Å². The van der Waals surface area contributed by atoms with Crippen LogP contribution in [0.1, 0.15) is 29.7 Å². The lowest BCUT2D eigenvalue weighted by molar-refractivity contribution is 0.422. The van der Waals surface area contributed by atoms with Crippen molar-refractivity contribution in [2.24, 2.45) is 0 Å². The summed E-state index contributed by atoms with van der Waals surface area (Å²) in [6.45, 7) is 2.01. The lowest BCUT2D eigenvalue weighted by Gasteiger charge is -2.20. The zero-order valence-electron chi connectivity index (χ0n) is 11.5. The fourth-order valence-electron chi connectivity index (χ4n) is 3.01. The lowest BCUT2D eigenvalue weighted by Crippen LogP contribution is -2.32. The summed E-state index contributed by atoms with van der Waals surface area (Å²) in [5, 5.41) is 23.0. The van der Waals surface area contributed by atoms with Crippen LogP contribution in [0.3, 0.4) is 0 Å². The number of fused-ring (bicyclic) bond motifs is 1. The topological polar surface area (TPSA) is 52.5 Å². The van der Waals surface area contributed by atoms with Crippen molar-refractivity contribution in [3.63, 3.8) is 0 Å². The van der Waals surface area contributed by atoms with Crippen LogP contribution in [0.5, 0.6) is 11.5 Å². The van der Waals surface area contributed by atoms with E-state index in [-0.39, 0.29) is 17.5 Å². The molecule has 104 valence electrons. The first kappa shape index (κ1) is 13.0. The van der Waals surface area contributed by atoms with Crippen LogP contribution < -0.4 is 5.32 Å². The summed E-state index contributed by atoms with van der Waals surface area (Å²) in [7, 11) is 0. The zero-order chi connectivity index (χ0) is 14.1. The number of hydrogen-bond acceptors (Lipinski definition) is 3. The van der Waals surface area contributed by atoms with Gasteiger partial charge in [-0.05, 0) is 49.1 Å². The number of rotatable bonds is 3. The Bertz CT molecular complexity index is 599. The number of phenols is 2. The molecule has 2 aromatic carbocycles. The smallest absolute Gasteiger partial charge is 0.120 e. The third-order valence-corrected chi connectivity index (χ3v) is 4.01. The molecule has 0 fully saturated rings. The van der Waals surface area contributed by atoms with Crippen molar-refractivity contribution in [2.75, 3.05) is 0 Å². The largest absolute Gasteiger partial charge is 0.508 e. The van der Waals surface area contributed by atoms with Crippen molar-refractivity contribution in [2.45, 2.75) is 31.8 Å². The predicted molar refractivity (Wildman–Crippen MR) is 79.0 cm³/mol. The monoisotopic (exact) mass is 269 g/mol. The van der Waals surface area contributed by atoms with Crippen LogP contribution >= 0.6 is 0 Å². The Morgan fingerprint density at radius 3 is 2.35 bits per heavy atom. The van der Waals surface area contributed by atoms with Crippen LogP contribution in [0.2, 0.25) is 0 Å². The predicted octanol–water partition coefficient (Wildman–Crippen LogP) is 2.92. The molecular formula is C17H19NO2. The van der Waals surface area contributed by atoms with Gasteiger partial charge >= 0.3 is 0 Å². The molecule has 0 radical (unpaired) electrons. The maximum absolute atomic E-state index is 9.90. The molecule has 1 unspecified atom stereocenters. The van der Waals surface area contributed by atoms with Crippen LogP contribution in [0.15, 0.2) is 42.5 Å². The zero-order valence-corrected chi connectivity index (χ0v) is 11.5. The van der Waals surface area contributed by atoms with Gasteiger partial charge in [-0.15, -0.1) is 0 Å². The molecule has 0 aliphatic heterocycles. The number of aromatic hydroxyl groups is 2. The Morgan fingerprint density at radius 1 is 1.05 bits per heavy atom. The molecule has 0 aromatic heterocycles. The Balaban J connectivity index is 1.72. The molecule has 0 bridgehead atoms. The van der Waals surface area contributed by atoms with Gasteiger partial charge in [-0.2, -0.15) is 0 Å².